The molecule has 0 aliphatic rings. The smallest absolute Gasteiger partial charge is 0.334 e. The number of benzene rings is 1. The molecule has 0 unspecified atom stereocenters. The van der Waals surface area contributed by atoms with Crippen molar-refractivity contribution in [3.63, 3.8) is 0 Å². The van der Waals surface area contributed by atoms with Gasteiger partial charge in [-0.2, -0.15) is 0 Å². The Morgan fingerprint density at radius 3 is 2.33 bits per heavy atom. The van der Waals surface area contributed by atoms with Crippen LogP contribution in [0.1, 0.15) is 59.2 Å². The number of carbonyl (C=O) groups excluding carboxylic acids is 1. The van der Waals surface area contributed by atoms with Crippen molar-refractivity contribution < 1.29 is 18.7 Å². The predicted octanol–water partition coefficient (Wildman–Crippen LogP) is 6.33. The summed E-state index contributed by atoms with van der Waals surface area (Å²) in [5.74, 6) is 0.372. The van der Waals surface area contributed by atoms with Crippen LogP contribution in [0.25, 0.3) is 11.8 Å². The van der Waals surface area contributed by atoms with Gasteiger partial charge in [-0.15, -0.1) is 0 Å². The molecule has 1 aromatic heterocycles. The van der Waals surface area contributed by atoms with Gasteiger partial charge in [0.25, 0.3) is 0 Å². The summed E-state index contributed by atoms with van der Waals surface area (Å²) in [4.78, 5) is 17.3. The average molecular weight is 473 g/mol. The van der Waals surface area contributed by atoms with Crippen LogP contribution in [-0.4, -0.2) is 43.2 Å². The Kier molecular flexibility index (Phi) is 8.35. The van der Waals surface area contributed by atoms with Gasteiger partial charge < -0.3 is 18.5 Å². The number of hydrogen-bond acceptors (Lipinski definition) is 5. The Hall–Kier alpha value is -2.38. The number of aromatic nitrogens is 2. The highest BCUT2D eigenvalue weighted by molar-refractivity contribution is 6.74. The van der Waals surface area contributed by atoms with Crippen LogP contribution in [0.3, 0.4) is 0 Å². The first-order chi connectivity index (χ1) is 15.1. The second-order valence-corrected chi connectivity index (χ2v) is 15.7. The summed E-state index contributed by atoms with van der Waals surface area (Å²) in [6.07, 6.45) is 6.05. The molecule has 2 aromatic rings. The molecule has 0 aliphatic heterocycles. The molecule has 0 spiro atoms. The quantitative estimate of drug-likeness (QED) is 0.255. The second kappa shape index (κ2) is 10.3. The largest absolute Gasteiger partial charge is 0.495 e. The minimum atomic E-state index is -1.91. The highest BCUT2D eigenvalue weighted by Gasteiger charge is 2.37. The molecular weight excluding hydrogens is 432 g/mol. The first kappa shape index (κ1) is 26.9. The van der Waals surface area contributed by atoms with Crippen LogP contribution in [0.4, 0.5) is 0 Å². The van der Waals surface area contributed by atoms with Gasteiger partial charge in [0.2, 0.25) is 0 Å². The van der Waals surface area contributed by atoms with Crippen LogP contribution in [0.2, 0.25) is 18.1 Å². The molecule has 1 heterocycles. The van der Waals surface area contributed by atoms with Crippen molar-refractivity contribution in [2.45, 2.75) is 78.6 Å². The number of methoxy groups -OCH3 is 1. The van der Waals surface area contributed by atoms with E-state index in [0.717, 1.165) is 16.9 Å². The number of ether oxygens (including phenoxy) is 2. The molecule has 182 valence electrons. The number of hydrogen-bond donors (Lipinski definition) is 0. The summed E-state index contributed by atoms with van der Waals surface area (Å²) in [5.41, 5.74) is 2.68. The third kappa shape index (κ3) is 7.57. The Morgan fingerprint density at radius 2 is 1.82 bits per heavy atom. The fourth-order valence-electron chi connectivity index (χ4n) is 2.96. The number of rotatable bonds is 8. The fourth-order valence-corrected chi connectivity index (χ4v) is 4.01. The number of imidazole rings is 1. The van der Waals surface area contributed by atoms with Gasteiger partial charge in [0.05, 0.1) is 24.8 Å². The summed E-state index contributed by atoms with van der Waals surface area (Å²) < 4.78 is 19.5. The molecule has 0 N–H and O–H groups in total. The zero-order chi connectivity index (χ0) is 25.0. The van der Waals surface area contributed by atoms with Gasteiger partial charge in [-0.1, -0.05) is 26.8 Å². The van der Waals surface area contributed by atoms with Crippen molar-refractivity contribution in [1.29, 1.82) is 0 Å². The summed E-state index contributed by atoms with van der Waals surface area (Å²) in [5, 5.41) is 0.109. The maximum Gasteiger partial charge on any atom is 0.334 e. The lowest BCUT2D eigenvalue weighted by Gasteiger charge is -2.36. The van der Waals surface area contributed by atoms with E-state index in [1.807, 2.05) is 62.7 Å². The number of aryl methyl sites for hydroxylation is 1. The van der Waals surface area contributed by atoms with Crippen LogP contribution in [0.15, 0.2) is 36.3 Å². The van der Waals surface area contributed by atoms with E-state index in [2.05, 4.69) is 38.8 Å². The van der Waals surface area contributed by atoms with Crippen molar-refractivity contribution >= 4 is 20.4 Å². The third-order valence-corrected chi connectivity index (χ3v) is 10.4. The number of esters is 1. The van der Waals surface area contributed by atoms with Crippen molar-refractivity contribution in [2.24, 2.45) is 0 Å². The molecule has 6 nitrogen and oxygen atoms in total. The topological polar surface area (TPSA) is 62.6 Å². The lowest BCUT2D eigenvalue weighted by atomic mass is 10.1. The summed E-state index contributed by atoms with van der Waals surface area (Å²) in [6.45, 7) is 19.1. The first-order valence-corrected chi connectivity index (χ1v) is 14.3. The Balaban J connectivity index is 2.33. The van der Waals surface area contributed by atoms with Gasteiger partial charge in [-0.05, 0) is 69.6 Å². The third-order valence-electron chi connectivity index (χ3n) is 5.84. The van der Waals surface area contributed by atoms with Crippen molar-refractivity contribution in [1.82, 2.24) is 9.55 Å². The average Bonchev–Trinajstić information content (AvgIpc) is 3.10. The minimum absolute atomic E-state index is 0.109. The maximum atomic E-state index is 13.0. The minimum Gasteiger partial charge on any atom is -0.495 e. The van der Waals surface area contributed by atoms with Crippen molar-refractivity contribution in [3.8, 4) is 11.4 Å². The van der Waals surface area contributed by atoms with Crippen molar-refractivity contribution in [2.75, 3.05) is 13.7 Å². The highest BCUT2D eigenvalue weighted by Crippen LogP contribution is 2.36. The zero-order valence-corrected chi connectivity index (χ0v) is 22.9. The van der Waals surface area contributed by atoms with E-state index in [9.17, 15) is 4.79 Å². The number of nitrogens with zero attached hydrogens (tertiary/aromatic N) is 2. The van der Waals surface area contributed by atoms with Crippen LogP contribution in [0.5, 0.6) is 5.75 Å². The lowest BCUT2D eigenvalue weighted by molar-refractivity contribution is -0.150. The van der Waals surface area contributed by atoms with Crippen LogP contribution in [0, 0.1) is 6.92 Å². The van der Waals surface area contributed by atoms with Crippen LogP contribution in [-0.2, 0) is 14.0 Å². The van der Waals surface area contributed by atoms with E-state index in [1.165, 1.54) is 0 Å². The molecule has 0 aliphatic carbocycles. The SMILES string of the molecule is COc1cc(C=C(CCO[Si](C)(C)C(C)(C)C)C(=O)OC(C)(C)C)ccc1-n1cnc(C)c1. The van der Waals surface area contributed by atoms with Crippen LogP contribution < -0.4 is 4.74 Å². The summed E-state index contributed by atoms with van der Waals surface area (Å²) in [7, 11) is -0.274. The number of carbonyl (C=O) groups is 1. The lowest BCUT2D eigenvalue weighted by Crippen LogP contribution is -2.41. The molecule has 0 saturated carbocycles. The summed E-state index contributed by atoms with van der Waals surface area (Å²) in [6, 6.07) is 5.85. The van der Waals surface area contributed by atoms with Gasteiger partial charge in [0.15, 0.2) is 8.32 Å². The van der Waals surface area contributed by atoms with Crippen molar-refractivity contribution in [3.05, 3.63) is 47.6 Å². The molecule has 0 bridgehead atoms. The Bertz CT molecular complexity index is 994. The van der Waals surface area contributed by atoms with Gasteiger partial charge in [-0.25, -0.2) is 9.78 Å². The maximum absolute atomic E-state index is 13.0. The Morgan fingerprint density at radius 1 is 1.15 bits per heavy atom. The van der Waals surface area contributed by atoms with Crippen LogP contribution >= 0.6 is 0 Å². The van der Waals surface area contributed by atoms with E-state index in [1.54, 1.807) is 13.4 Å². The molecular formula is C26H40N2O4Si. The zero-order valence-electron chi connectivity index (χ0n) is 21.9. The van der Waals surface area contributed by atoms with E-state index in [-0.39, 0.29) is 11.0 Å². The molecule has 2 rings (SSSR count). The first-order valence-electron chi connectivity index (χ1n) is 11.4. The molecule has 0 fully saturated rings. The molecule has 0 atom stereocenters. The van der Waals surface area contributed by atoms with E-state index < -0.39 is 13.9 Å². The van der Waals surface area contributed by atoms with Gasteiger partial charge in [-0.3, -0.25) is 0 Å². The van der Waals surface area contributed by atoms with Gasteiger partial charge >= 0.3 is 5.97 Å². The standard InChI is InChI=1S/C26H40N2O4Si/c1-19-17-28(18-27-19)22-12-11-20(16-23(22)30-8)15-21(24(29)32-25(2,3)4)13-14-31-33(9,10)26(5,6)7/h11-12,15-18H,13-14H2,1-10H3. The van der Waals surface area contributed by atoms with Gasteiger partial charge in [0, 0.05) is 24.8 Å². The predicted molar refractivity (Wildman–Crippen MR) is 136 cm³/mol. The van der Waals surface area contributed by atoms with E-state index >= 15 is 0 Å². The van der Waals surface area contributed by atoms with Gasteiger partial charge in [0.1, 0.15) is 11.4 Å². The summed E-state index contributed by atoms with van der Waals surface area (Å²) >= 11 is 0. The monoisotopic (exact) mass is 472 g/mol. The molecule has 0 amide bonds. The second-order valence-electron chi connectivity index (χ2n) is 10.9. The van der Waals surface area contributed by atoms with E-state index in [0.29, 0.717) is 24.4 Å². The Labute approximate surface area is 200 Å². The molecule has 7 heteroatoms. The highest BCUT2D eigenvalue weighted by atomic mass is 28.4. The fraction of sp³-hybridized carbons (Fsp3) is 0.538. The molecule has 1 aromatic carbocycles. The molecule has 0 saturated heterocycles. The normalized spacial score (nSPS) is 13.2. The van der Waals surface area contributed by atoms with E-state index in [4.69, 9.17) is 13.9 Å². The molecule has 0 radical (unpaired) electrons. The molecule has 33 heavy (non-hydrogen) atoms.